The molecule has 4 atom stereocenters. The van der Waals surface area contributed by atoms with Crippen LogP contribution in [-0.2, 0) is 23.9 Å². The van der Waals surface area contributed by atoms with Crippen LogP contribution in [0.1, 0.15) is 64.7 Å². The number of aromatic amines is 1. The maximum Gasteiger partial charge on any atom is 0.407 e. The quantitative estimate of drug-likeness (QED) is 0.122. The van der Waals surface area contributed by atoms with Crippen molar-refractivity contribution in [2.24, 2.45) is 11.8 Å². The van der Waals surface area contributed by atoms with Crippen LogP contribution in [-0.4, -0.2) is 107 Å². The van der Waals surface area contributed by atoms with Crippen molar-refractivity contribution in [2.45, 2.75) is 71.0 Å². The van der Waals surface area contributed by atoms with Crippen LogP contribution in [0.2, 0.25) is 0 Å². The van der Waals surface area contributed by atoms with E-state index in [4.69, 9.17) is 4.98 Å². The van der Waals surface area contributed by atoms with Crippen molar-refractivity contribution in [2.75, 3.05) is 39.2 Å². The zero-order chi connectivity index (χ0) is 41.5. The summed E-state index contributed by atoms with van der Waals surface area (Å²) in [6.45, 7) is 6.81. The van der Waals surface area contributed by atoms with Gasteiger partial charge in [-0.15, -0.1) is 11.3 Å². The molecule has 2 aromatic heterocycles. The van der Waals surface area contributed by atoms with Gasteiger partial charge in [0.25, 0.3) is 5.91 Å². The third kappa shape index (κ3) is 9.73. The van der Waals surface area contributed by atoms with E-state index in [1.165, 1.54) is 30.5 Å². The zero-order valence-electron chi connectivity index (χ0n) is 33.1. The molecule has 6 rings (SSSR count). The van der Waals surface area contributed by atoms with Gasteiger partial charge < -0.3 is 40.2 Å². The van der Waals surface area contributed by atoms with E-state index in [0.29, 0.717) is 44.6 Å². The molecular formula is C40H49N9O8S. The second-order valence-corrected chi connectivity index (χ2v) is 15.9. The number of H-pyrrole nitrogens is 1. The number of carbonyl (C=O) groups excluding carboxylic acids is 6. The lowest BCUT2D eigenvalue weighted by molar-refractivity contribution is -0.140. The van der Waals surface area contributed by atoms with Crippen LogP contribution in [0.15, 0.2) is 48.7 Å². The van der Waals surface area contributed by atoms with E-state index in [1.807, 2.05) is 36.1 Å². The van der Waals surface area contributed by atoms with Gasteiger partial charge in [0.1, 0.15) is 22.9 Å². The number of aromatic nitrogens is 3. The molecular weight excluding hydrogens is 767 g/mol. The fourth-order valence-corrected chi connectivity index (χ4v) is 8.29. The molecule has 0 aliphatic carbocycles. The molecule has 0 spiro atoms. The molecule has 18 heteroatoms. The number of imidazole rings is 1. The molecule has 0 radical (unpaired) electrons. The highest BCUT2D eigenvalue weighted by molar-refractivity contribution is 7.21. The standard InChI is InChI=1S/C40H49N9O8S/c1-22(2)33(46-40(55)57-5)37(52)49-17-7-9-30(49)35(51)47-38(53)43-26-14-15-27-31(19-26)58-36(45-27)25-12-10-24(11-13-25)28-21-41-34(44-28)29-8-6-16-48(29)32(50)18-23(3)20-42-39(54)56-4/h10-15,19,21-23,29-30,33H,6-9,16-18,20H2,1-5H3,(H,41,44)(H,42,54)(H,46,55)(H2,43,47,51,53)/t23?,29-,30-,33-/m0/s1. The van der Waals surface area contributed by atoms with Gasteiger partial charge in [-0.2, -0.15) is 0 Å². The normalized spacial score (nSPS) is 17.5. The summed E-state index contributed by atoms with van der Waals surface area (Å²) >= 11 is 1.46. The average molecular weight is 816 g/mol. The van der Waals surface area contributed by atoms with Gasteiger partial charge in [0.2, 0.25) is 11.8 Å². The Kier molecular flexibility index (Phi) is 13.3. The van der Waals surface area contributed by atoms with E-state index >= 15 is 0 Å². The summed E-state index contributed by atoms with van der Waals surface area (Å²) < 4.78 is 10.1. The van der Waals surface area contributed by atoms with Crippen molar-refractivity contribution in [1.29, 1.82) is 0 Å². The van der Waals surface area contributed by atoms with Crippen molar-refractivity contribution in [3.8, 4) is 21.8 Å². The number of nitrogens with one attached hydrogen (secondary N) is 5. The Balaban J connectivity index is 1.05. The first-order valence-corrected chi connectivity index (χ1v) is 20.1. The summed E-state index contributed by atoms with van der Waals surface area (Å²) in [7, 11) is 2.52. The molecule has 2 saturated heterocycles. The average Bonchev–Trinajstić information content (AvgIpc) is 4.05. The predicted octanol–water partition coefficient (Wildman–Crippen LogP) is 5.42. The van der Waals surface area contributed by atoms with Crippen molar-refractivity contribution in [1.82, 2.24) is 40.7 Å². The fourth-order valence-electron chi connectivity index (χ4n) is 7.28. The summed E-state index contributed by atoms with van der Waals surface area (Å²) in [5.74, 6) is -0.559. The minimum Gasteiger partial charge on any atom is -0.453 e. The van der Waals surface area contributed by atoms with Gasteiger partial charge in [-0.1, -0.05) is 45.0 Å². The number of thiazole rings is 1. The largest absolute Gasteiger partial charge is 0.453 e. The Hall–Kier alpha value is -6.04. The molecule has 0 saturated carbocycles. The predicted molar refractivity (Wildman–Crippen MR) is 217 cm³/mol. The van der Waals surface area contributed by atoms with E-state index in [0.717, 1.165) is 50.7 Å². The molecule has 1 unspecified atom stereocenters. The van der Waals surface area contributed by atoms with E-state index in [1.54, 1.807) is 38.2 Å². The monoisotopic (exact) mass is 815 g/mol. The highest BCUT2D eigenvalue weighted by Crippen LogP contribution is 2.35. The summed E-state index contributed by atoms with van der Waals surface area (Å²) in [5.41, 5.74) is 3.87. The summed E-state index contributed by atoms with van der Waals surface area (Å²) in [6, 6.07) is 10.6. The van der Waals surface area contributed by atoms with Gasteiger partial charge in [0, 0.05) is 37.3 Å². The lowest BCUT2D eigenvalue weighted by Crippen LogP contribution is -2.55. The topological polar surface area (TPSA) is 217 Å². The Morgan fingerprint density at radius 3 is 2.34 bits per heavy atom. The number of nitrogens with zero attached hydrogens (tertiary/aromatic N) is 4. The van der Waals surface area contributed by atoms with Crippen LogP contribution < -0.4 is 21.3 Å². The number of ether oxygens (including phenoxy) is 2. The number of hydrogen-bond acceptors (Lipinski definition) is 11. The number of imide groups is 1. The van der Waals surface area contributed by atoms with E-state index in [2.05, 4.69) is 40.7 Å². The molecule has 58 heavy (non-hydrogen) atoms. The van der Waals surface area contributed by atoms with Crippen LogP contribution in [0.5, 0.6) is 0 Å². The number of anilines is 1. The lowest BCUT2D eigenvalue weighted by atomic mass is 10.0. The molecule has 2 aromatic carbocycles. The van der Waals surface area contributed by atoms with Gasteiger partial charge >= 0.3 is 18.2 Å². The highest BCUT2D eigenvalue weighted by Gasteiger charge is 2.39. The first-order chi connectivity index (χ1) is 27.8. The third-order valence-electron chi connectivity index (χ3n) is 10.3. The second-order valence-electron chi connectivity index (χ2n) is 14.9. The van der Waals surface area contributed by atoms with Crippen molar-refractivity contribution < 1.29 is 38.2 Å². The Morgan fingerprint density at radius 1 is 0.914 bits per heavy atom. The number of carbonyl (C=O) groups is 6. The molecule has 0 bridgehead atoms. The van der Waals surface area contributed by atoms with Crippen LogP contribution in [0, 0.1) is 11.8 Å². The summed E-state index contributed by atoms with van der Waals surface area (Å²) in [4.78, 5) is 92.0. The molecule has 308 valence electrons. The summed E-state index contributed by atoms with van der Waals surface area (Å²) in [5, 5.41) is 11.1. The zero-order valence-corrected chi connectivity index (χ0v) is 33.9. The van der Waals surface area contributed by atoms with Crippen LogP contribution in [0.4, 0.5) is 20.1 Å². The van der Waals surface area contributed by atoms with Gasteiger partial charge in [0.05, 0.1) is 42.4 Å². The van der Waals surface area contributed by atoms with E-state index in [-0.39, 0.29) is 23.8 Å². The number of amides is 7. The number of hydrogen-bond donors (Lipinski definition) is 5. The number of benzene rings is 2. The first kappa shape index (κ1) is 41.6. The van der Waals surface area contributed by atoms with Gasteiger partial charge in [-0.3, -0.25) is 19.7 Å². The molecule has 4 heterocycles. The second kappa shape index (κ2) is 18.5. The maximum absolute atomic E-state index is 13.3. The van der Waals surface area contributed by atoms with Crippen molar-refractivity contribution in [3.63, 3.8) is 0 Å². The minimum absolute atomic E-state index is 0.0231. The van der Waals surface area contributed by atoms with Crippen LogP contribution in [0.3, 0.4) is 0 Å². The van der Waals surface area contributed by atoms with Crippen LogP contribution >= 0.6 is 11.3 Å². The number of rotatable bonds is 12. The van der Waals surface area contributed by atoms with Gasteiger partial charge in [-0.25, -0.2) is 24.4 Å². The van der Waals surface area contributed by atoms with Crippen molar-refractivity contribution >= 4 is 63.2 Å². The van der Waals surface area contributed by atoms with E-state index in [9.17, 15) is 28.8 Å². The van der Waals surface area contributed by atoms with Crippen LogP contribution in [0.25, 0.3) is 32.0 Å². The summed E-state index contributed by atoms with van der Waals surface area (Å²) in [6.07, 6.45) is 3.47. The highest BCUT2D eigenvalue weighted by atomic mass is 32.1. The minimum atomic E-state index is -0.882. The Morgan fingerprint density at radius 2 is 1.62 bits per heavy atom. The Bertz CT molecular complexity index is 2150. The number of urea groups is 1. The SMILES string of the molecule is COC(=O)NCC(C)CC(=O)N1CCC[C@H]1c1ncc(-c2ccc(-c3nc4ccc(NC(=O)NC(=O)[C@@H]5CCCN5C(=O)[C@@H](NC(=O)OC)C(C)C)cc4s3)cc2)[nH]1. The first-order valence-electron chi connectivity index (χ1n) is 19.3. The smallest absolute Gasteiger partial charge is 0.407 e. The number of likely N-dealkylation sites (tertiary alicyclic amines) is 2. The molecule has 2 fully saturated rings. The molecule has 2 aliphatic heterocycles. The number of fused-ring (bicyclic) bond motifs is 1. The fraction of sp³-hybridized carbons (Fsp3) is 0.450. The van der Waals surface area contributed by atoms with Gasteiger partial charge in [-0.05, 0) is 61.3 Å². The lowest BCUT2D eigenvalue weighted by Gasteiger charge is -2.30. The molecule has 5 N–H and O–H groups in total. The van der Waals surface area contributed by atoms with Crippen molar-refractivity contribution in [3.05, 3.63) is 54.5 Å². The maximum atomic E-state index is 13.3. The Labute approximate surface area is 339 Å². The number of alkyl carbamates (subject to hydrolysis) is 2. The third-order valence-corrected chi connectivity index (χ3v) is 11.4. The molecule has 4 aromatic rings. The van der Waals surface area contributed by atoms with Gasteiger partial charge in [0.15, 0.2) is 0 Å². The molecule has 2 aliphatic rings. The van der Waals surface area contributed by atoms with E-state index < -0.39 is 42.1 Å². The number of methoxy groups -OCH3 is 2. The molecule has 17 nitrogen and oxygen atoms in total. The molecule has 7 amide bonds.